The van der Waals surface area contributed by atoms with E-state index in [-0.39, 0.29) is 17.7 Å². The lowest BCUT2D eigenvalue weighted by molar-refractivity contribution is -0.117. The summed E-state index contributed by atoms with van der Waals surface area (Å²) in [6, 6.07) is 4.88. The predicted octanol–water partition coefficient (Wildman–Crippen LogP) is 1.22. The Kier molecular flexibility index (Phi) is 2.67. The van der Waals surface area contributed by atoms with E-state index in [9.17, 15) is 9.90 Å². The number of hydrogen-bond donors (Lipinski definition) is 2. The van der Waals surface area contributed by atoms with E-state index in [1.165, 1.54) is 0 Å². The molecule has 1 heterocycles. The van der Waals surface area contributed by atoms with Crippen molar-refractivity contribution in [3.8, 4) is 5.75 Å². The summed E-state index contributed by atoms with van der Waals surface area (Å²) in [5, 5.41) is 9.33. The van der Waals surface area contributed by atoms with Gasteiger partial charge in [0.2, 0.25) is 5.91 Å². The highest BCUT2D eigenvalue weighted by Crippen LogP contribution is 2.30. The van der Waals surface area contributed by atoms with Crippen LogP contribution in [0.25, 0.3) is 0 Å². The molecule has 1 saturated heterocycles. The number of amides is 1. The smallest absolute Gasteiger partial charge is 0.228 e. The third-order valence-corrected chi connectivity index (χ3v) is 3.03. The standard InChI is InChI=1S/C10H11BrN2O2/c11-8-4-7(1-2-9(8)14)13-5-6(12)3-10(13)15/h1-2,4,6,14H,3,5,12H2. The average molecular weight is 271 g/mol. The number of phenolic OH excluding ortho intramolecular Hbond substituents is 1. The summed E-state index contributed by atoms with van der Waals surface area (Å²) in [5.41, 5.74) is 6.46. The van der Waals surface area contributed by atoms with Crippen molar-refractivity contribution in [2.75, 3.05) is 11.4 Å². The first-order valence-corrected chi connectivity index (χ1v) is 5.41. The van der Waals surface area contributed by atoms with Crippen molar-refractivity contribution < 1.29 is 9.90 Å². The van der Waals surface area contributed by atoms with Crippen LogP contribution in [0.15, 0.2) is 22.7 Å². The summed E-state index contributed by atoms with van der Waals surface area (Å²) >= 11 is 3.21. The van der Waals surface area contributed by atoms with Crippen molar-refractivity contribution in [3.05, 3.63) is 22.7 Å². The molecule has 0 aromatic heterocycles. The van der Waals surface area contributed by atoms with Gasteiger partial charge in [-0.25, -0.2) is 0 Å². The van der Waals surface area contributed by atoms with Gasteiger partial charge in [0.1, 0.15) is 5.75 Å². The molecule has 1 amide bonds. The van der Waals surface area contributed by atoms with E-state index in [2.05, 4.69) is 15.9 Å². The van der Waals surface area contributed by atoms with Crippen LogP contribution >= 0.6 is 15.9 Å². The number of halogens is 1. The second-order valence-corrected chi connectivity index (χ2v) is 4.46. The zero-order valence-electron chi connectivity index (χ0n) is 7.98. The first kappa shape index (κ1) is 10.4. The number of carbonyl (C=O) groups excluding carboxylic acids is 1. The Hall–Kier alpha value is -1.07. The van der Waals surface area contributed by atoms with E-state index < -0.39 is 0 Å². The van der Waals surface area contributed by atoms with E-state index >= 15 is 0 Å². The summed E-state index contributed by atoms with van der Waals surface area (Å²) in [5.74, 6) is 0.190. The zero-order chi connectivity index (χ0) is 11.0. The number of phenols is 1. The second kappa shape index (κ2) is 3.83. The van der Waals surface area contributed by atoms with E-state index in [0.29, 0.717) is 17.4 Å². The Balaban J connectivity index is 2.30. The molecule has 80 valence electrons. The molecule has 4 nitrogen and oxygen atoms in total. The molecular formula is C10H11BrN2O2. The van der Waals surface area contributed by atoms with Crippen LogP contribution < -0.4 is 10.6 Å². The first-order chi connectivity index (χ1) is 7.08. The van der Waals surface area contributed by atoms with Crippen LogP contribution in [0.2, 0.25) is 0 Å². The number of nitrogens with two attached hydrogens (primary N) is 1. The Labute approximate surface area is 95.8 Å². The Morgan fingerprint density at radius 2 is 2.27 bits per heavy atom. The third kappa shape index (κ3) is 1.98. The van der Waals surface area contributed by atoms with Crippen molar-refractivity contribution in [1.82, 2.24) is 0 Å². The SMILES string of the molecule is NC1CC(=O)N(c2ccc(O)c(Br)c2)C1. The molecule has 0 aliphatic carbocycles. The summed E-state index contributed by atoms with van der Waals surface area (Å²) < 4.78 is 0.577. The fourth-order valence-corrected chi connectivity index (χ4v) is 2.02. The summed E-state index contributed by atoms with van der Waals surface area (Å²) in [7, 11) is 0. The normalized spacial score (nSPS) is 21.1. The molecule has 1 fully saturated rings. The number of anilines is 1. The Morgan fingerprint density at radius 3 is 2.80 bits per heavy atom. The molecule has 3 N–H and O–H groups in total. The van der Waals surface area contributed by atoms with E-state index in [0.717, 1.165) is 5.69 Å². The lowest BCUT2D eigenvalue weighted by atomic mass is 10.3. The number of rotatable bonds is 1. The fourth-order valence-electron chi connectivity index (χ4n) is 1.65. The van der Waals surface area contributed by atoms with Crippen LogP contribution in [-0.2, 0) is 4.79 Å². The highest BCUT2D eigenvalue weighted by atomic mass is 79.9. The number of benzene rings is 1. The van der Waals surface area contributed by atoms with Crippen molar-refractivity contribution in [1.29, 1.82) is 0 Å². The van der Waals surface area contributed by atoms with Gasteiger partial charge in [-0.15, -0.1) is 0 Å². The van der Waals surface area contributed by atoms with Crippen LogP contribution in [0.4, 0.5) is 5.69 Å². The molecule has 15 heavy (non-hydrogen) atoms. The molecule has 5 heteroatoms. The number of carbonyl (C=O) groups is 1. The second-order valence-electron chi connectivity index (χ2n) is 3.60. The molecule has 0 saturated carbocycles. The molecule has 1 aromatic rings. The molecule has 1 aromatic carbocycles. The highest BCUT2D eigenvalue weighted by molar-refractivity contribution is 9.10. The van der Waals surface area contributed by atoms with Crippen molar-refractivity contribution in [2.45, 2.75) is 12.5 Å². The summed E-state index contributed by atoms with van der Waals surface area (Å²) in [4.78, 5) is 13.2. The minimum absolute atomic E-state index is 0.0279. The highest BCUT2D eigenvalue weighted by Gasteiger charge is 2.28. The number of nitrogens with zero attached hydrogens (tertiary/aromatic N) is 1. The van der Waals surface area contributed by atoms with Crippen LogP contribution in [0, 0.1) is 0 Å². The molecule has 0 spiro atoms. The minimum atomic E-state index is -0.0925. The minimum Gasteiger partial charge on any atom is -0.507 e. The lowest BCUT2D eigenvalue weighted by Gasteiger charge is -2.16. The van der Waals surface area contributed by atoms with Gasteiger partial charge < -0.3 is 15.7 Å². The van der Waals surface area contributed by atoms with Gasteiger partial charge in [-0.05, 0) is 34.1 Å². The zero-order valence-corrected chi connectivity index (χ0v) is 9.57. The quantitative estimate of drug-likeness (QED) is 0.807. The topological polar surface area (TPSA) is 66.6 Å². The van der Waals surface area contributed by atoms with Gasteiger partial charge in [0.25, 0.3) is 0 Å². The molecule has 1 unspecified atom stereocenters. The van der Waals surface area contributed by atoms with Crippen LogP contribution in [0.1, 0.15) is 6.42 Å². The fraction of sp³-hybridized carbons (Fsp3) is 0.300. The molecule has 0 bridgehead atoms. The van der Waals surface area contributed by atoms with Crippen molar-refractivity contribution in [2.24, 2.45) is 5.73 Å². The van der Waals surface area contributed by atoms with E-state index in [1.807, 2.05) is 0 Å². The molecule has 1 aliphatic rings. The van der Waals surface area contributed by atoms with Gasteiger partial charge in [-0.2, -0.15) is 0 Å². The number of aromatic hydroxyl groups is 1. The van der Waals surface area contributed by atoms with Gasteiger partial charge in [0.15, 0.2) is 0 Å². The Bertz CT molecular complexity index is 408. The van der Waals surface area contributed by atoms with Gasteiger partial charge >= 0.3 is 0 Å². The Morgan fingerprint density at radius 1 is 1.53 bits per heavy atom. The first-order valence-electron chi connectivity index (χ1n) is 4.62. The maximum atomic E-state index is 11.5. The molecule has 1 aliphatic heterocycles. The monoisotopic (exact) mass is 270 g/mol. The molecular weight excluding hydrogens is 260 g/mol. The molecule has 2 rings (SSSR count). The van der Waals surface area contributed by atoms with E-state index in [1.54, 1.807) is 23.1 Å². The number of hydrogen-bond acceptors (Lipinski definition) is 3. The van der Waals surface area contributed by atoms with Crippen molar-refractivity contribution in [3.63, 3.8) is 0 Å². The van der Waals surface area contributed by atoms with Gasteiger partial charge in [0, 0.05) is 24.7 Å². The van der Waals surface area contributed by atoms with Gasteiger partial charge in [-0.1, -0.05) is 0 Å². The average Bonchev–Trinajstić information content (AvgIpc) is 2.50. The molecule has 0 radical (unpaired) electrons. The van der Waals surface area contributed by atoms with Gasteiger partial charge in [0.05, 0.1) is 4.47 Å². The molecule has 1 atom stereocenters. The van der Waals surface area contributed by atoms with Crippen molar-refractivity contribution >= 4 is 27.5 Å². The van der Waals surface area contributed by atoms with Crippen LogP contribution in [0.5, 0.6) is 5.75 Å². The summed E-state index contributed by atoms with van der Waals surface area (Å²) in [6.45, 7) is 0.538. The van der Waals surface area contributed by atoms with Gasteiger partial charge in [-0.3, -0.25) is 4.79 Å². The van der Waals surface area contributed by atoms with Crippen LogP contribution in [-0.4, -0.2) is 23.6 Å². The predicted molar refractivity (Wildman–Crippen MR) is 60.8 cm³/mol. The van der Waals surface area contributed by atoms with Crippen LogP contribution in [0.3, 0.4) is 0 Å². The third-order valence-electron chi connectivity index (χ3n) is 2.40. The maximum Gasteiger partial charge on any atom is 0.228 e. The largest absolute Gasteiger partial charge is 0.507 e. The lowest BCUT2D eigenvalue weighted by Crippen LogP contribution is -2.27. The summed E-state index contributed by atoms with van der Waals surface area (Å²) in [6.07, 6.45) is 0.387. The van der Waals surface area contributed by atoms with E-state index in [4.69, 9.17) is 5.73 Å². The maximum absolute atomic E-state index is 11.5.